The molecule has 0 bridgehead atoms. The Labute approximate surface area is 323 Å². The van der Waals surface area contributed by atoms with Crippen LogP contribution in [0.2, 0.25) is 0 Å². The molecule has 4 heterocycles. The van der Waals surface area contributed by atoms with Crippen LogP contribution in [0.1, 0.15) is 6.42 Å². The Morgan fingerprint density at radius 2 is 0.825 bits per heavy atom. The van der Waals surface area contributed by atoms with E-state index in [-0.39, 0.29) is 19.6 Å². The lowest BCUT2D eigenvalue weighted by atomic mass is 9.93. The Morgan fingerprint density at radius 1 is 0.439 bits per heavy atom. The SMILES string of the molecule is NCCCO[C@H]1OC([C@H](O)CO)[C@@H](O)[C@H](O)C1O[C@H]1OC([C@H](O)CO)[C@@H](O)[C@H](O)C1O[C@H]1OC([C@@H](CO)O[C@H]2OC([C@H](O)CO)[C@@H](O)[C@H](O)C2O)[C@@H](O)[C@H](O)C1O. The van der Waals surface area contributed by atoms with Gasteiger partial charge in [-0.25, -0.2) is 0 Å². The quantitative estimate of drug-likeness (QED) is 0.0570. The van der Waals surface area contributed by atoms with Crippen LogP contribution < -0.4 is 5.73 Å². The van der Waals surface area contributed by atoms with E-state index in [0.717, 1.165) is 0 Å². The average Bonchev–Trinajstić information content (AvgIpc) is 3.20. The van der Waals surface area contributed by atoms with E-state index in [1.807, 2.05) is 0 Å². The van der Waals surface area contributed by atoms with Gasteiger partial charge in [0.25, 0.3) is 0 Å². The molecule has 24 atom stereocenters. The lowest BCUT2D eigenvalue weighted by Gasteiger charge is -2.50. The van der Waals surface area contributed by atoms with Crippen LogP contribution in [0.5, 0.6) is 0 Å². The molecule has 4 aliphatic rings. The topological polar surface area (TPSA) is 444 Å². The predicted molar refractivity (Wildman–Crippen MR) is 175 cm³/mol. The third-order valence-corrected chi connectivity index (χ3v) is 10.1. The number of ether oxygens (including phenoxy) is 8. The maximum Gasteiger partial charge on any atom is 0.187 e. The van der Waals surface area contributed by atoms with Crippen LogP contribution in [0, 0.1) is 0 Å². The van der Waals surface area contributed by atoms with Crippen molar-refractivity contribution >= 4 is 0 Å². The second kappa shape index (κ2) is 21.7. The fourth-order valence-electron chi connectivity index (χ4n) is 6.79. The van der Waals surface area contributed by atoms with Crippen LogP contribution in [0.4, 0.5) is 0 Å². The normalized spacial score (nSPS) is 46.6. The first kappa shape index (κ1) is 48.6. The van der Waals surface area contributed by atoms with Gasteiger partial charge < -0.3 is 130 Å². The average molecular weight is 844 g/mol. The van der Waals surface area contributed by atoms with Gasteiger partial charge in [-0.05, 0) is 13.0 Å². The minimum Gasteiger partial charge on any atom is -0.394 e. The lowest BCUT2D eigenvalue weighted by molar-refractivity contribution is -0.402. The van der Waals surface area contributed by atoms with Gasteiger partial charge in [-0.1, -0.05) is 0 Å². The molecule has 0 radical (unpaired) electrons. The Morgan fingerprint density at radius 3 is 1.30 bits per heavy atom. The van der Waals surface area contributed by atoms with Crippen LogP contribution in [0.15, 0.2) is 0 Å². The van der Waals surface area contributed by atoms with Crippen LogP contribution >= 0.6 is 0 Å². The maximum absolute atomic E-state index is 11.3. The molecule has 0 saturated carbocycles. The lowest BCUT2D eigenvalue weighted by Crippen LogP contribution is -2.69. The summed E-state index contributed by atoms with van der Waals surface area (Å²) in [5.41, 5.74) is 5.53. The van der Waals surface area contributed by atoms with Gasteiger partial charge >= 0.3 is 0 Å². The molecule has 57 heavy (non-hydrogen) atoms. The van der Waals surface area contributed by atoms with Crippen LogP contribution in [-0.4, -0.2) is 274 Å². The third-order valence-electron chi connectivity index (χ3n) is 10.1. The number of aliphatic hydroxyl groups excluding tert-OH is 17. The van der Waals surface area contributed by atoms with Gasteiger partial charge in [0.2, 0.25) is 0 Å². The molecule has 0 aromatic rings. The van der Waals surface area contributed by atoms with E-state index in [0.29, 0.717) is 0 Å². The van der Waals surface area contributed by atoms with Crippen molar-refractivity contribution in [2.75, 3.05) is 39.6 Å². The first-order valence-electron chi connectivity index (χ1n) is 18.2. The summed E-state index contributed by atoms with van der Waals surface area (Å²) < 4.78 is 45.0. The van der Waals surface area contributed by atoms with Gasteiger partial charge in [-0.3, -0.25) is 0 Å². The predicted octanol–water partition coefficient (Wildman–Crippen LogP) is -11.9. The van der Waals surface area contributed by atoms with Crippen molar-refractivity contribution < 1.29 is 125 Å². The molecule has 0 aliphatic carbocycles. The zero-order valence-corrected chi connectivity index (χ0v) is 30.3. The molecular weight excluding hydrogens is 786 g/mol. The highest BCUT2D eigenvalue weighted by atomic mass is 16.8. The summed E-state index contributed by atoms with van der Waals surface area (Å²) in [5.74, 6) is 0. The van der Waals surface area contributed by atoms with Crippen LogP contribution in [0.3, 0.4) is 0 Å². The molecule has 4 saturated heterocycles. The molecule has 0 spiro atoms. The Balaban J connectivity index is 1.62. The Bertz CT molecular complexity index is 1180. The molecule has 4 aliphatic heterocycles. The van der Waals surface area contributed by atoms with Crippen LogP contribution in [0.25, 0.3) is 0 Å². The van der Waals surface area contributed by atoms with E-state index < -0.39 is 174 Å². The second-order valence-electron chi connectivity index (χ2n) is 14.1. The molecule has 26 heteroatoms. The number of hydrogen-bond acceptors (Lipinski definition) is 26. The van der Waals surface area contributed by atoms with Crippen molar-refractivity contribution in [3.63, 3.8) is 0 Å². The molecule has 4 fully saturated rings. The molecule has 0 aromatic heterocycles. The van der Waals surface area contributed by atoms with Crippen LogP contribution in [-0.2, 0) is 37.9 Å². The first-order valence-corrected chi connectivity index (χ1v) is 18.2. The van der Waals surface area contributed by atoms with Crippen molar-refractivity contribution in [2.24, 2.45) is 5.73 Å². The summed E-state index contributed by atoms with van der Waals surface area (Å²) in [5, 5.41) is 177. The van der Waals surface area contributed by atoms with Crippen molar-refractivity contribution in [3.8, 4) is 0 Å². The summed E-state index contributed by atoms with van der Waals surface area (Å²) in [6.45, 7) is -4.05. The summed E-state index contributed by atoms with van der Waals surface area (Å²) in [6.07, 6.45) is -47.1. The number of nitrogens with two attached hydrogens (primary N) is 1. The Kier molecular flexibility index (Phi) is 18.5. The number of hydrogen-bond donors (Lipinski definition) is 18. The highest BCUT2D eigenvalue weighted by Crippen LogP contribution is 2.36. The van der Waals surface area contributed by atoms with Gasteiger partial charge in [-0.15, -0.1) is 0 Å². The van der Waals surface area contributed by atoms with E-state index in [1.54, 1.807) is 0 Å². The number of aliphatic hydroxyl groups is 17. The summed E-state index contributed by atoms with van der Waals surface area (Å²) >= 11 is 0. The van der Waals surface area contributed by atoms with Crippen molar-refractivity contribution in [2.45, 2.75) is 154 Å². The van der Waals surface area contributed by atoms with Crippen molar-refractivity contribution in [3.05, 3.63) is 0 Å². The fourth-order valence-corrected chi connectivity index (χ4v) is 6.79. The monoisotopic (exact) mass is 843 g/mol. The van der Waals surface area contributed by atoms with E-state index in [2.05, 4.69) is 0 Å². The van der Waals surface area contributed by atoms with Gasteiger partial charge in [0.15, 0.2) is 25.2 Å². The molecule has 4 rings (SSSR count). The largest absolute Gasteiger partial charge is 0.394 e. The fraction of sp³-hybridized carbons (Fsp3) is 1.00. The highest BCUT2D eigenvalue weighted by molar-refractivity contribution is 5.00. The van der Waals surface area contributed by atoms with Crippen molar-refractivity contribution in [1.82, 2.24) is 0 Å². The minimum absolute atomic E-state index is 0.124. The van der Waals surface area contributed by atoms with Gasteiger partial charge in [0, 0.05) is 0 Å². The van der Waals surface area contributed by atoms with E-state index in [1.165, 1.54) is 0 Å². The summed E-state index contributed by atoms with van der Waals surface area (Å²) in [4.78, 5) is 0. The standard InChI is InChI=1S/C31H57NO25/c32-2-1-3-50-30-26(18(46)16(44)23(53-30)9(38)5-34)57-31-27(19(47)17(45)24(54-31)10(39)6-35)56-29-21(49)13(41)15(43)25(55-29)11(7-36)51-28-20(48)12(40)14(42)22(52-28)8(37)4-33/h8-31,33-49H,1-7,32H2/t8-,9-,10-,11-,12+,13+,14+,15+,16+,17+,18+,19+,20?,21?,22?,23?,24?,25?,26?,27?,28+,29-,30+,31-/m1/s1. The maximum atomic E-state index is 11.3. The van der Waals surface area contributed by atoms with E-state index in [4.69, 9.17) is 43.6 Å². The molecule has 26 nitrogen and oxygen atoms in total. The van der Waals surface area contributed by atoms with Gasteiger partial charge in [0.05, 0.1) is 33.0 Å². The molecule has 336 valence electrons. The van der Waals surface area contributed by atoms with Gasteiger partial charge in [0.1, 0.15) is 122 Å². The molecule has 8 unspecified atom stereocenters. The Hall–Kier alpha value is -1.04. The van der Waals surface area contributed by atoms with E-state index in [9.17, 15) is 86.8 Å². The molecule has 0 amide bonds. The van der Waals surface area contributed by atoms with Gasteiger partial charge in [-0.2, -0.15) is 0 Å². The zero-order valence-electron chi connectivity index (χ0n) is 30.3. The summed E-state index contributed by atoms with van der Waals surface area (Å²) in [6, 6.07) is 0. The summed E-state index contributed by atoms with van der Waals surface area (Å²) in [7, 11) is 0. The third kappa shape index (κ3) is 10.7. The smallest absolute Gasteiger partial charge is 0.187 e. The van der Waals surface area contributed by atoms with E-state index >= 15 is 0 Å². The molecule has 0 aromatic carbocycles. The molecular formula is C31H57NO25. The second-order valence-corrected chi connectivity index (χ2v) is 14.1. The molecule has 19 N–H and O–H groups in total. The van der Waals surface area contributed by atoms with Crippen molar-refractivity contribution in [1.29, 1.82) is 0 Å². The number of rotatable bonds is 18. The zero-order chi connectivity index (χ0) is 42.5. The minimum atomic E-state index is -2.22. The highest BCUT2D eigenvalue weighted by Gasteiger charge is 2.57. The first-order chi connectivity index (χ1) is 27.0.